The van der Waals surface area contributed by atoms with Crippen LogP contribution in [0, 0.1) is 0 Å². The lowest BCUT2D eigenvalue weighted by Gasteiger charge is -2.13. The zero-order valence-electron chi connectivity index (χ0n) is 8.95. The Hall–Kier alpha value is -0.570. The van der Waals surface area contributed by atoms with Crippen LogP contribution in [0.1, 0.15) is 18.4 Å². The van der Waals surface area contributed by atoms with E-state index in [1.54, 1.807) is 7.11 Å². The SMILES string of the molecule is COC(CCO)CCc1ccc(Cl)cc1. The van der Waals surface area contributed by atoms with E-state index in [-0.39, 0.29) is 12.7 Å². The van der Waals surface area contributed by atoms with Crippen LogP contribution in [0.25, 0.3) is 0 Å². The van der Waals surface area contributed by atoms with E-state index in [1.165, 1.54) is 5.56 Å². The van der Waals surface area contributed by atoms with Crippen molar-refractivity contribution in [2.75, 3.05) is 13.7 Å². The molecule has 0 saturated heterocycles. The highest BCUT2D eigenvalue weighted by Crippen LogP contribution is 2.13. The third-order valence-electron chi connectivity index (χ3n) is 2.45. The fraction of sp³-hybridized carbons (Fsp3) is 0.500. The van der Waals surface area contributed by atoms with Crippen molar-refractivity contribution in [2.45, 2.75) is 25.4 Å². The lowest BCUT2D eigenvalue weighted by molar-refractivity contribution is 0.0714. The lowest BCUT2D eigenvalue weighted by Crippen LogP contribution is -2.13. The number of hydrogen-bond acceptors (Lipinski definition) is 2. The van der Waals surface area contributed by atoms with E-state index in [9.17, 15) is 0 Å². The Balaban J connectivity index is 2.38. The van der Waals surface area contributed by atoms with Gasteiger partial charge in [-0.2, -0.15) is 0 Å². The van der Waals surface area contributed by atoms with Crippen molar-refractivity contribution in [3.05, 3.63) is 34.9 Å². The number of aryl methyl sites for hydroxylation is 1. The average molecular weight is 229 g/mol. The van der Waals surface area contributed by atoms with Gasteiger partial charge < -0.3 is 9.84 Å². The molecule has 1 aromatic rings. The van der Waals surface area contributed by atoms with Crippen LogP contribution in [0.3, 0.4) is 0 Å². The largest absolute Gasteiger partial charge is 0.396 e. The maximum Gasteiger partial charge on any atom is 0.0596 e. The Kier molecular flexibility index (Phi) is 5.69. The van der Waals surface area contributed by atoms with Gasteiger partial charge in [-0.05, 0) is 37.0 Å². The summed E-state index contributed by atoms with van der Waals surface area (Å²) in [5.74, 6) is 0. The van der Waals surface area contributed by atoms with E-state index in [0.717, 1.165) is 17.9 Å². The van der Waals surface area contributed by atoms with Gasteiger partial charge in [-0.15, -0.1) is 0 Å². The maximum atomic E-state index is 8.80. The Morgan fingerprint density at radius 1 is 1.27 bits per heavy atom. The number of hydrogen-bond donors (Lipinski definition) is 1. The summed E-state index contributed by atoms with van der Waals surface area (Å²) >= 11 is 5.79. The summed E-state index contributed by atoms with van der Waals surface area (Å²) in [5.41, 5.74) is 1.25. The number of rotatable bonds is 6. The minimum atomic E-state index is 0.144. The minimum absolute atomic E-state index is 0.144. The molecule has 0 fully saturated rings. The lowest BCUT2D eigenvalue weighted by atomic mass is 10.1. The van der Waals surface area contributed by atoms with E-state index >= 15 is 0 Å². The minimum Gasteiger partial charge on any atom is -0.396 e. The topological polar surface area (TPSA) is 29.5 Å². The quantitative estimate of drug-likeness (QED) is 0.811. The van der Waals surface area contributed by atoms with Crippen molar-refractivity contribution in [2.24, 2.45) is 0 Å². The summed E-state index contributed by atoms with van der Waals surface area (Å²) in [6, 6.07) is 7.83. The predicted molar refractivity (Wildman–Crippen MR) is 62.3 cm³/mol. The first kappa shape index (κ1) is 12.5. The van der Waals surface area contributed by atoms with Gasteiger partial charge in [-0.25, -0.2) is 0 Å². The number of methoxy groups -OCH3 is 1. The number of halogens is 1. The van der Waals surface area contributed by atoms with Gasteiger partial charge in [0.1, 0.15) is 0 Å². The average Bonchev–Trinajstić information content (AvgIpc) is 2.26. The van der Waals surface area contributed by atoms with Gasteiger partial charge in [-0.1, -0.05) is 23.7 Å². The highest BCUT2D eigenvalue weighted by atomic mass is 35.5. The molecule has 0 radical (unpaired) electrons. The van der Waals surface area contributed by atoms with E-state index in [0.29, 0.717) is 6.42 Å². The third-order valence-corrected chi connectivity index (χ3v) is 2.70. The summed E-state index contributed by atoms with van der Waals surface area (Å²) in [5, 5.41) is 9.57. The van der Waals surface area contributed by atoms with Gasteiger partial charge in [0.2, 0.25) is 0 Å². The first-order chi connectivity index (χ1) is 7.26. The Morgan fingerprint density at radius 2 is 1.93 bits per heavy atom. The molecule has 0 spiro atoms. The highest BCUT2D eigenvalue weighted by molar-refractivity contribution is 6.30. The number of ether oxygens (including phenoxy) is 1. The normalized spacial score (nSPS) is 12.7. The summed E-state index contributed by atoms with van der Waals surface area (Å²) in [6.07, 6.45) is 2.73. The second-order valence-corrected chi connectivity index (χ2v) is 3.97. The highest BCUT2D eigenvalue weighted by Gasteiger charge is 2.06. The molecule has 1 aromatic carbocycles. The molecule has 0 amide bonds. The molecule has 0 bridgehead atoms. The van der Waals surface area contributed by atoms with Crippen molar-refractivity contribution >= 4 is 11.6 Å². The summed E-state index contributed by atoms with van der Waals surface area (Å²) < 4.78 is 5.25. The molecule has 0 saturated carbocycles. The molecule has 0 aliphatic rings. The monoisotopic (exact) mass is 228 g/mol. The van der Waals surface area contributed by atoms with Crippen molar-refractivity contribution < 1.29 is 9.84 Å². The van der Waals surface area contributed by atoms with Crippen LogP contribution in [-0.4, -0.2) is 24.9 Å². The molecule has 15 heavy (non-hydrogen) atoms. The van der Waals surface area contributed by atoms with Gasteiger partial charge in [0.25, 0.3) is 0 Å². The predicted octanol–water partition coefficient (Wildman–Crippen LogP) is 2.67. The molecule has 84 valence electrons. The third kappa shape index (κ3) is 4.65. The number of aliphatic hydroxyl groups excluding tert-OH is 1. The standard InChI is InChI=1S/C12H17ClO2/c1-15-12(8-9-14)7-4-10-2-5-11(13)6-3-10/h2-3,5-6,12,14H,4,7-9H2,1H3. The number of benzene rings is 1. The van der Waals surface area contributed by atoms with Crippen LogP contribution in [0.2, 0.25) is 5.02 Å². The molecular formula is C12H17ClO2. The van der Waals surface area contributed by atoms with E-state index in [4.69, 9.17) is 21.4 Å². The van der Waals surface area contributed by atoms with E-state index in [1.807, 2.05) is 24.3 Å². The first-order valence-corrected chi connectivity index (χ1v) is 5.52. The Bertz CT molecular complexity index is 271. The second kappa shape index (κ2) is 6.83. The molecule has 0 aliphatic carbocycles. The molecule has 1 N–H and O–H groups in total. The fourth-order valence-corrected chi connectivity index (χ4v) is 1.63. The van der Waals surface area contributed by atoms with Gasteiger partial charge in [0.05, 0.1) is 6.10 Å². The number of aliphatic hydroxyl groups is 1. The van der Waals surface area contributed by atoms with Gasteiger partial charge in [0.15, 0.2) is 0 Å². The zero-order chi connectivity index (χ0) is 11.1. The van der Waals surface area contributed by atoms with Gasteiger partial charge in [-0.3, -0.25) is 0 Å². The molecule has 0 aromatic heterocycles. The first-order valence-electron chi connectivity index (χ1n) is 5.14. The van der Waals surface area contributed by atoms with Crippen LogP contribution < -0.4 is 0 Å². The maximum absolute atomic E-state index is 8.80. The molecule has 1 rings (SSSR count). The van der Waals surface area contributed by atoms with Gasteiger partial charge >= 0.3 is 0 Å². The Morgan fingerprint density at radius 3 is 2.47 bits per heavy atom. The van der Waals surface area contributed by atoms with E-state index in [2.05, 4.69) is 0 Å². The summed E-state index contributed by atoms with van der Waals surface area (Å²) in [7, 11) is 1.68. The van der Waals surface area contributed by atoms with Crippen molar-refractivity contribution in [3.8, 4) is 0 Å². The smallest absolute Gasteiger partial charge is 0.0596 e. The van der Waals surface area contributed by atoms with Gasteiger partial charge in [0, 0.05) is 18.7 Å². The fourth-order valence-electron chi connectivity index (χ4n) is 1.50. The molecule has 1 unspecified atom stereocenters. The molecule has 2 nitrogen and oxygen atoms in total. The second-order valence-electron chi connectivity index (χ2n) is 3.54. The summed E-state index contributed by atoms with van der Waals surface area (Å²) in [6.45, 7) is 0.180. The van der Waals surface area contributed by atoms with Crippen molar-refractivity contribution in [1.29, 1.82) is 0 Å². The van der Waals surface area contributed by atoms with Crippen LogP contribution in [-0.2, 0) is 11.2 Å². The van der Waals surface area contributed by atoms with Crippen molar-refractivity contribution in [3.63, 3.8) is 0 Å². The van der Waals surface area contributed by atoms with Crippen molar-refractivity contribution in [1.82, 2.24) is 0 Å². The van der Waals surface area contributed by atoms with E-state index < -0.39 is 0 Å². The summed E-state index contributed by atoms with van der Waals surface area (Å²) in [4.78, 5) is 0. The Labute approximate surface area is 95.8 Å². The molecule has 0 aliphatic heterocycles. The molecule has 3 heteroatoms. The van der Waals surface area contributed by atoms with Crippen LogP contribution in [0.5, 0.6) is 0 Å². The van der Waals surface area contributed by atoms with Crippen LogP contribution in [0.15, 0.2) is 24.3 Å². The molecule has 1 atom stereocenters. The van der Waals surface area contributed by atoms with Crippen LogP contribution >= 0.6 is 11.6 Å². The molecule has 0 heterocycles. The molecular weight excluding hydrogens is 212 g/mol. The zero-order valence-corrected chi connectivity index (χ0v) is 9.70. The van der Waals surface area contributed by atoms with Crippen LogP contribution in [0.4, 0.5) is 0 Å².